The summed E-state index contributed by atoms with van der Waals surface area (Å²) in [6.07, 6.45) is 7.40. The number of rotatable bonds is 21. The lowest BCUT2D eigenvalue weighted by atomic mass is 10.0. The number of carbonyl (C=O) groups excluding carboxylic acids is 2. The van der Waals surface area contributed by atoms with Gasteiger partial charge in [-0.25, -0.2) is 9.59 Å². The van der Waals surface area contributed by atoms with Crippen molar-refractivity contribution in [3.8, 4) is 12.1 Å². The van der Waals surface area contributed by atoms with Crippen molar-refractivity contribution in [3.63, 3.8) is 0 Å². The van der Waals surface area contributed by atoms with Gasteiger partial charge in [-0.05, 0) is 103 Å². The minimum absolute atomic E-state index is 0.0181. The summed E-state index contributed by atoms with van der Waals surface area (Å²) in [5.74, 6) is 0.181. The molecule has 2 aromatic carbocycles. The van der Waals surface area contributed by atoms with Gasteiger partial charge in [-0.15, -0.1) is 0 Å². The number of anilines is 2. The molecule has 2 N–H and O–H groups in total. The Hall–Kier alpha value is -4.93. The molecule has 20 heteroatoms. The fourth-order valence-corrected chi connectivity index (χ4v) is 13.1. The van der Waals surface area contributed by atoms with E-state index in [1.807, 2.05) is 32.0 Å². The number of halogens is 1. The quantitative estimate of drug-likeness (QED) is 0.0588. The van der Waals surface area contributed by atoms with Crippen LogP contribution in [0.5, 0.6) is 0 Å². The minimum atomic E-state index is -1.18. The van der Waals surface area contributed by atoms with Gasteiger partial charge in [0.05, 0.1) is 50.4 Å². The Labute approximate surface area is 418 Å². The summed E-state index contributed by atoms with van der Waals surface area (Å²) in [7, 11) is -2.13. The Balaban J connectivity index is 0.000000265. The molecule has 70 heavy (non-hydrogen) atoms. The van der Waals surface area contributed by atoms with E-state index >= 15 is 0 Å². The van der Waals surface area contributed by atoms with Gasteiger partial charge >= 0.3 is 11.4 Å². The highest BCUT2D eigenvalue weighted by Gasteiger charge is 2.40. The number of benzene rings is 2. The van der Waals surface area contributed by atoms with Crippen LogP contribution in [0.2, 0.25) is 0 Å². The molecule has 2 aromatic heterocycles. The maximum atomic E-state index is 13.0. The van der Waals surface area contributed by atoms with Crippen LogP contribution >= 0.6 is 27.0 Å². The number of nitrogens with zero attached hydrogens (tertiary/aromatic N) is 7. The molecule has 2 amide bonds. The molecule has 4 heterocycles. The van der Waals surface area contributed by atoms with Gasteiger partial charge in [-0.1, -0.05) is 61.5 Å². The first kappa shape index (κ1) is 56.0. The first-order valence-corrected chi connectivity index (χ1v) is 27.6. The van der Waals surface area contributed by atoms with Crippen LogP contribution in [0.25, 0.3) is 0 Å². The molecule has 8 atom stereocenters. The summed E-state index contributed by atoms with van der Waals surface area (Å²) in [5.41, 5.74) is 1.38. The third kappa shape index (κ3) is 15.5. The lowest BCUT2D eigenvalue weighted by molar-refractivity contribution is -0.00764. The van der Waals surface area contributed by atoms with Crippen LogP contribution in [0.15, 0.2) is 82.6 Å². The molecule has 4 aromatic rings. The highest BCUT2D eigenvalue weighted by atomic mass is 35.7. The van der Waals surface area contributed by atoms with Crippen LogP contribution in [0.3, 0.4) is 0 Å². The van der Waals surface area contributed by atoms with Crippen molar-refractivity contribution in [3.05, 3.63) is 116 Å². The molecule has 376 valence electrons. The van der Waals surface area contributed by atoms with Gasteiger partial charge in [0, 0.05) is 59.1 Å². The van der Waals surface area contributed by atoms with E-state index in [-0.39, 0.29) is 47.5 Å². The van der Waals surface area contributed by atoms with Crippen molar-refractivity contribution in [2.75, 3.05) is 36.2 Å². The summed E-state index contributed by atoms with van der Waals surface area (Å²) >= 11 is 6.35. The topological polar surface area (TPSA) is 216 Å². The van der Waals surface area contributed by atoms with E-state index in [4.69, 9.17) is 40.3 Å². The van der Waals surface area contributed by atoms with E-state index in [0.29, 0.717) is 79.4 Å². The van der Waals surface area contributed by atoms with Crippen molar-refractivity contribution in [2.24, 2.45) is 11.8 Å². The second-order valence-electron chi connectivity index (χ2n) is 17.7. The molecule has 0 saturated carbocycles. The lowest BCUT2D eigenvalue weighted by Crippen LogP contribution is -2.35. The Morgan fingerprint density at radius 3 is 1.56 bits per heavy atom. The standard InChI is InChI=1S/C28H40N5O4P.C22H26ClN4O4P/c1-7-24-23(18-38(36-15-11-14-29)33(19(2)3)20(4)5)16-25(37-24)32-17-21(6)26(31-28(32)35)30-27(34)22-12-9-8-10-13-22;1-3-18-17(14-32(23)30-11-7-10-24)12-19(31-18)27-13-15(2)20(26-22(27)29)25-21(28)16-8-5-4-6-9-16/h8-10,12-13,17,19-20,23-25H,7,11,15-16,18H2,1-6H3,(H,30,31,34,35);4-6,8-9,13,17-19H,3,7,11-12,14H2,1-2H3,(H,25,26,28,29)/t23-,24-,25?,38?;17-,18-,19?,32?/m11/s1. The first-order chi connectivity index (χ1) is 33.6. The zero-order valence-corrected chi connectivity index (χ0v) is 43.8. The number of aryl methyl sites for hydroxylation is 2. The average molecular weight is 1020 g/mol. The zero-order valence-electron chi connectivity index (χ0n) is 41.3. The third-order valence-electron chi connectivity index (χ3n) is 11.9. The summed E-state index contributed by atoms with van der Waals surface area (Å²) in [6, 6.07) is 22.4. The molecule has 0 aliphatic carbocycles. The summed E-state index contributed by atoms with van der Waals surface area (Å²) in [5, 5.41) is 23.1. The summed E-state index contributed by atoms with van der Waals surface area (Å²) in [4.78, 5) is 59.0. The van der Waals surface area contributed by atoms with E-state index in [2.05, 4.69) is 66.0 Å². The number of hydrogen-bond donors (Lipinski definition) is 2. The van der Waals surface area contributed by atoms with Crippen LogP contribution in [0.1, 0.15) is 124 Å². The third-order valence-corrected chi connectivity index (χ3v) is 16.6. The summed E-state index contributed by atoms with van der Waals surface area (Å²) in [6.45, 7) is 17.1. The second-order valence-corrected chi connectivity index (χ2v) is 21.9. The largest absolute Gasteiger partial charge is 0.354 e. The van der Waals surface area contributed by atoms with Crippen LogP contribution in [0.4, 0.5) is 11.6 Å². The van der Waals surface area contributed by atoms with Crippen molar-refractivity contribution >= 4 is 50.5 Å². The van der Waals surface area contributed by atoms with Crippen molar-refractivity contribution in [1.82, 2.24) is 23.8 Å². The van der Waals surface area contributed by atoms with E-state index in [1.54, 1.807) is 67.8 Å². The smallest absolute Gasteiger partial charge is 0.351 e. The monoisotopic (exact) mass is 1020 g/mol. The predicted octanol–water partition coefficient (Wildman–Crippen LogP) is 10.1. The normalized spacial score (nSPS) is 20.6. The van der Waals surface area contributed by atoms with Crippen molar-refractivity contribution in [2.45, 2.75) is 131 Å². The number of hydrogen-bond acceptors (Lipinski definition) is 13. The SMILES string of the molecule is CC[C@H]1OC(n2cc(C)c(NC(=O)c3ccccc3)nc2=O)C[C@@H]1CP(Cl)OCCC#N.CC[C@H]1OC(n2cc(C)c(NC(=O)c3ccccc3)nc2=O)C[C@@H]1CP(OCCC#N)N(C(C)C)C(C)C. The van der Waals surface area contributed by atoms with Crippen LogP contribution in [-0.2, 0) is 18.5 Å². The highest BCUT2D eigenvalue weighted by Crippen LogP contribution is 2.51. The van der Waals surface area contributed by atoms with Gasteiger partial charge in [0.25, 0.3) is 11.8 Å². The fourth-order valence-electron chi connectivity index (χ4n) is 8.65. The maximum Gasteiger partial charge on any atom is 0.351 e. The van der Waals surface area contributed by atoms with Gasteiger partial charge in [-0.2, -0.15) is 20.5 Å². The average Bonchev–Trinajstić information content (AvgIpc) is 3.94. The van der Waals surface area contributed by atoms with Gasteiger partial charge in [0.15, 0.2) is 0 Å². The molecule has 2 saturated heterocycles. The molecular formula is C50H66ClN9O8P2. The molecule has 4 unspecified atom stereocenters. The molecule has 2 aliphatic rings. The number of nitrogens with one attached hydrogen (secondary N) is 2. The number of carbonyl (C=O) groups is 2. The number of ether oxygens (including phenoxy) is 2. The molecule has 6 rings (SSSR count). The van der Waals surface area contributed by atoms with Gasteiger partial charge in [-0.3, -0.25) is 23.4 Å². The van der Waals surface area contributed by atoms with Gasteiger partial charge < -0.3 is 29.2 Å². The molecule has 0 spiro atoms. The minimum Gasteiger partial charge on any atom is -0.354 e. The van der Waals surface area contributed by atoms with E-state index in [9.17, 15) is 19.2 Å². The van der Waals surface area contributed by atoms with Gasteiger partial charge in [0.2, 0.25) is 0 Å². The van der Waals surface area contributed by atoms with E-state index in [0.717, 1.165) is 19.0 Å². The van der Waals surface area contributed by atoms with Gasteiger partial charge in [0.1, 0.15) is 39.9 Å². The Kier molecular flexibility index (Phi) is 22.1. The lowest BCUT2D eigenvalue weighted by Gasteiger charge is -2.38. The second kappa shape index (κ2) is 27.6. The Bertz CT molecular complexity index is 2530. The molecule has 2 fully saturated rings. The molecule has 2 aliphatic heterocycles. The first-order valence-electron chi connectivity index (χ1n) is 23.8. The fraction of sp³-hybridized carbons (Fsp3) is 0.520. The number of amides is 2. The Morgan fingerprint density at radius 1 is 0.743 bits per heavy atom. The molecular weight excluding hydrogens is 952 g/mol. The van der Waals surface area contributed by atoms with E-state index < -0.39 is 39.6 Å². The molecule has 0 bridgehead atoms. The Morgan fingerprint density at radius 2 is 1.16 bits per heavy atom. The summed E-state index contributed by atoms with van der Waals surface area (Å²) < 4.78 is 29.8. The van der Waals surface area contributed by atoms with Crippen molar-refractivity contribution in [1.29, 1.82) is 10.5 Å². The maximum absolute atomic E-state index is 13.0. The molecule has 0 radical (unpaired) electrons. The highest BCUT2D eigenvalue weighted by molar-refractivity contribution is 7.80. The van der Waals surface area contributed by atoms with Crippen LogP contribution < -0.4 is 22.0 Å². The van der Waals surface area contributed by atoms with Crippen LogP contribution in [0, 0.1) is 48.3 Å². The number of nitriles is 2. The van der Waals surface area contributed by atoms with E-state index in [1.165, 1.54) is 9.13 Å². The van der Waals surface area contributed by atoms with Crippen molar-refractivity contribution < 1.29 is 28.1 Å². The number of aromatic nitrogens is 4. The predicted molar refractivity (Wildman–Crippen MR) is 274 cm³/mol. The van der Waals surface area contributed by atoms with Crippen LogP contribution in [-0.4, -0.2) is 85.4 Å². The molecule has 17 nitrogen and oxygen atoms in total. The zero-order chi connectivity index (χ0) is 50.9.